The van der Waals surface area contributed by atoms with Crippen LogP contribution in [0.15, 0.2) is 0 Å². The average Bonchev–Trinajstić information content (AvgIpc) is 2.80. The van der Waals surface area contributed by atoms with Crippen molar-refractivity contribution in [2.24, 2.45) is 0 Å². The van der Waals surface area contributed by atoms with Crippen LogP contribution in [0.3, 0.4) is 0 Å². The molecule has 1 aromatic rings. The third kappa shape index (κ3) is 4.33. The van der Waals surface area contributed by atoms with Crippen LogP contribution < -0.4 is 11.1 Å². The van der Waals surface area contributed by atoms with E-state index in [0.29, 0.717) is 19.8 Å². The number of hydrogen-bond donors (Lipinski definition) is 3. The highest BCUT2D eigenvalue weighted by molar-refractivity contribution is 6.35. The number of rotatable bonds is 6. The summed E-state index contributed by atoms with van der Waals surface area (Å²) in [7, 11) is 3.97. The molecular formula is C13H22ClN5O3. The Hall–Kier alpha value is -1.35. The molecule has 124 valence electrons. The highest BCUT2D eigenvalue weighted by Crippen LogP contribution is 2.20. The van der Waals surface area contributed by atoms with Gasteiger partial charge in [-0.3, -0.25) is 9.89 Å². The van der Waals surface area contributed by atoms with E-state index >= 15 is 0 Å². The minimum absolute atomic E-state index is 0.0864. The number of nitrogens with two attached hydrogens (primary N) is 1. The lowest BCUT2D eigenvalue weighted by atomic mass is 10.1. The molecule has 0 aliphatic carbocycles. The maximum absolute atomic E-state index is 12.2. The van der Waals surface area contributed by atoms with Crippen LogP contribution in [0.2, 0.25) is 5.02 Å². The Morgan fingerprint density at radius 3 is 3.05 bits per heavy atom. The number of aromatic amines is 1. The zero-order valence-corrected chi connectivity index (χ0v) is 13.5. The molecule has 0 spiro atoms. The van der Waals surface area contributed by atoms with Gasteiger partial charge in [0.25, 0.3) is 5.91 Å². The van der Waals surface area contributed by atoms with Crippen LogP contribution in [0.4, 0.5) is 5.82 Å². The molecule has 8 nitrogen and oxygen atoms in total. The molecule has 0 bridgehead atoms. The zero-order valence-electron chi connectivity index (χ0n) is 12.8. The number of ether oxygens (including phenoxy) is 2. The monoisotopic (exact) mass is 331 g/mol. The molecule has 1 fully saturated rings. The fourth-order valence-corrected chi connectivity index (χ4v) is 2.34. The number of amides is 1. The van der Waals surface area contributed by atoms with Crippen molar-refractivity contribution in [3.63, 3.8) is 0 Å². The quantitative estimate of drug-likeness (QED) is 0.683. The van der Waals surface area contributed by atoms with Gasteiger partial charge in [-0.1, -0.05) is 11.6 Å². The number of carbonyl (C=O) groups is 1. The van der Waals surface area contributed by atoms with Gasteiger partial charge in [-0.15, -0.1) is 0 Å². The van der Waals surface area contributed by atoms with Crippen LogP contribution in [0.25, 0.3) is 0 Å². The third-order valence-corrected chi connectivity index (χ3v) is 3.82. The molecular weight excluding hydrogens is 310 g/mol. The fourth-order valence-electron chi connectivity index (χ4n) is 2.17. The first-order valence-corrected chi connectivity index (χ1v) is 7.51. The van der Waals surface area contributed by atoms with E-state index in [4.69, 9.17) is 26.8 Å². The van der Waals surface area contributed by atoms with E-state index < -0.39 is 0 Å². The van der Waals surface area contributed by atoms with E-state index in [1.807, 2.05) is 19.0 Å². The van der Waals surface area contributed by atoms with E-state index in [1.54, 1.807) is 0 Å². The van der Waals surface area contributed by atoms with E-state index in [0.717, 1.165) is 13.0 Å². The van der Waals surface area contributed by atoms with Gasteiger partial charge in [0.2, 0.25) is 0 Å². The topological polar surface area (TPSA) is 106 Å². The Morgan fingerprint density at radius 1 is 1.64 bits per heavy atom. The first-order valence-electron chi connectivity index (χ1n) is 7.13. The van der Waals surface area contributed by atoms with Crippen LogP contribution in [-0.4, -0.2) is 73.6 Å². The number of nitrogens with zero attached hydrogens (tertiary/aromatic N) is 2. The normalized spacial score (nSPS) is 22.0. The Labute approximate surface area is 134 Å². The zero-order chi connectivity index (χ0) is 16.1. The van der Waals surface area contributed by atoms with E-state index in [-0.39, 0.29) is 34.6 Å². The summed E-state index contributed by atoms with van der Waals surface area (Å²) in [4.78, 5) is 14.3. The summed E-state index contributed by atoms with van der Waals surface area (Å²) in [5.74, 6) is -0.267. The third-order valence-electron chi connectivity index (χ3n) is 3.44. The Kier molecular flexibility index (Phi) is 6.01. The molecule has 0 saturated carbocycles. The van der Waals surface area contributed by atoms with Crippen molar-refractivity contribution < 1.29 is 14.3 Å². The van der Waals surface area contributed by atoms with Crippen LogP contribution >= 0.6 is 11.6 Å². The summed E-state index contributed by atoms with van der Waals surface area (Å²) in [6.07, 6.45) is 0.647. The number of hydrogen-bond acceptors (Lipinski definition) is 6. The van der Waals surface area contributed by atoms with Gasteiger partial charge < -0.3 is 25.4 Å². The van der Waals surface area contributed by atoms with Gasteiger partial charge in [0, 0.05) is 13.2 Å². The summed E-state index contributed by atoms with van der Waals surface area (Å²) in [6, 6.07) is -0.232. The Balaban J connectivity index is 1.93. The highest BCUT2D eigenvalue weighted by Gasteiger charge is 2.29. The fraction of sp³-hybridized carbons (Fsp3) is 0.692. The van der Waals surface area contributed by atoms with Crippen molar-refractivity contribution in [1.82, 2.24) is 20.4 Å². The van der Waals surface area contributed by atoms with Crippen LogP contribution in [-0.2, 0) is 9.47 Å². The lowest BCUT2D eigenvalue weighted by Crippen LogP contribution is -2.51. The van der Waals surface area contributed by atoms with E-state index in [2.05, 4.69) is 15.5 Å². The summed E-state index contributed by atoms with van der Waals surface area (Å²) in [5.41, 5.74) is 5.67. The van der Waals surface area contributed by atoms with E-state index in [9.17, 15) is 4.79 Å². The van der Waals surface area contributed by atoms with Gasteiger partial charge in [-0.2, -0.15) is 5.10 Å². The molecule has 0 radical (unpaired) electrons. The lowest BCUT2D eigenvalue weighted by molar-refractivity contribution is -0.0562. The Morgan fingerprint density at radius 2 is 2.41 bits per heavy atom. The van der Waals surface area contributed by atoms with Crippen LogP contribution in [0.5, 0.6) is 0 Å². The first-order chi connectivity index (χ1) is 10.5. The largest absolute Gasteiger partial charge is 0.381 e. The molecule has 1 aromatic heterocycles. The molecule has 9 heteroatoms. The van der Waals surface area contributed by atoms with Gasteiger partial charge in [0.15, 0.2) is 5.82 Å². The number of nitrogen functional groups attached to an aromatic ring is 1. The number of H-pyrrole nitrogens is 1. The Bertz CT molecular complexity index is 508. The second-order valence-corrected chi connectivity index (χ2v) is 5.83. The first kappa shape index (κ1) is 17.0. The highest BCUT2D eigenvalue weighted by atomic mass is 35.5. The van der Waals surface area contributed by atoms with Gasteiger partial charge in [-0.25, -0.2) is 0 Å². The number of halogens is 1. The van der Waals surface area contributed by atoms with Gasteiger partial charge in [0.05, 0.1) is 25.4 Å². The molecule has 4 N–H and O–H groups in total. The standard InChI is InChI=1S/C13H22ClN5O3/c1-19(2)4-6-22-9-3-5-21-7-8(9)16-13(20)11-10(14)12(15)18-17-11/h8-9H,3-7H2,1-2H3,(H,16,20)(H3,15,17,18)/t8-,9+/m1/s1. The van der Waals surface area contributed by atoms with E-state index in [1.165, 1.54) is 0 Å². The number of anilines is 1. The predicted octanol–water partition coefficient (Wildman–Crippen LogP) is 0.111. The van der Waals surface area contributed by atoms with Crippen molar-refractivity contribution in [1.29, 1.82) is 0 Å². The number of likely N-dealkylation sites (N-methyl/N-ethyl adjacent to an activating group) is 1. The molecule has 0 unspecified atom stereocenters. The second-order valence-electron chi connectivity index (χ2n) is 5.45. The van der Waals surface area contributed by atoms with Gasteiger partial charge in [-0.05, 0) is 20.5 Å². The summed E-state index contributed by atoms with van der Waals surface area (Å²) in [6.45, 7) is 2.44. The molecule has 22 heavy (non-hydrogen) atoms. The van der Waals surface area contributed by atoms with Gasteiger partial charge in [0.1, 0.15) is 10.7 Å². The smallest absolute Gasteiger partial charge is 0.271 e. The summed E-state index contributed by atoms with van der Waals surface area (Å²) >= 11 is 5.93. The maximum Gasteiger partial charge on any atom is 0.271 e. The predicted molar refractivity (Wildman–Crippen MR) is 83.0 cm³/mol. The molecule has 1 amide bonds. The average molecular weight is 332 g/mol. The molecule has 2 atom stereocenters. The SMILES string of the molecule is CN(C)CCO[C@H]1CCOC[C@H]1NC(=O)c1[nH]nc(N)c1Cl. The van der Waals surface area contributed by atoms with Crippen molar-refractivity contribution >= 4 is 23.3 Å². The number of carbonyl (C=O) groups excluding carboxylic acids is 1. The van der Waals surface area contributed by atoms with Gasteiger partial charge >= 0.3 is 0 Å². The van der Waals surface area contributed by atoms with Crippen molar-refractivity contribution in [3.8, 4) is 0 Å². The molecule has 0 aromatic carbocycles. The minimum Gasteiger partial charge on any atom is -0.381 e. The maximum atomic E-state index is 12.2. The minimum atomic E-state index is -0.370. The lowest BCUT2D eigenvalue weighted by Gasteiger charge is -2.32. The van der Waals surface area contributed by atoms with Crippen LogP contribution in [0.1, 0.15) is 16.9 Å². The molecule has 2 rings (SSSR count). The molecule has 1 saturated heterocycles. The molecule has 1 aliphatic rings. The number of aromatic nitrogens is 2. The van der Waals surface area contributed by atoms with Crippen molar-refractivity contribution in [2.45, 2.75) is 18.6 Å². The van der Waals surface area contributed by atoms with Crippen molar-refractivity contribution in [2.75, 3.05) is 46.2 Å². The molecule has 2 heterocycles. The second kappa shape index (κ2) is 7.77. The van der Waals surface area contributed by atoms with Crippen LogP contribution in [0, 0.1) is 0 Å². The van der Waals surface area contributed by atoms with Crippen molar-refractivity contribution in [3.05, 3.63) is 10.7 Å². The summed E-state index contributed by atoms with van der Waals surface area (Å²) in [5, 5.41) is 9.23. The summed E-state index contributed by atoms with van der Waals surface area (Å²) < 4.78 is 11.3. The molecule has 1 aliphatic heterocycles. The number of nitrogens with one attached hydrogen (secondary N) is 2.